The van der Waals surface area contributed by atoms with Crippen molar-refractivity contribution in [3.05, 3.63) is 172 Å². The molecule has 0 radical (unpaired) electrons. The molecule has 0 bridgehead atoms. The van der Waals surface area contributed by atoms with Crippen LogP contribution >= 0.6 is 15.9 Å². The third-order valence-electron chi connectivity index (χ3n) is 8.27. The second kappa shape index (κ2) is 10.3. The van der Waals surface area contributed by atoms with E-state index < -0.39 is 12.5 Å². The summed E-state index contributed by atoms with van der Waals surface area (Å²) in [7, 11) is -1.56. The van der Waals surface area contributed by atoms with Gasteiger partial charge in [0.15, 0.2) is 0 Å². The second-order valence-corrected chi connectivity index (χ2v) is 11.4. The minimum atomic E-state index is -1.56. The molecule has 0 spiro atoms. The zero-order valence-electron chi connectivity index (χ0n) is 22.2. The average molecular weight is 593 g/mol. The summed E-state index contributed by atoms with van der Waals surface area (Å²) in [4.78, 5) is 0. The first-order valence-corrected chi connectivity index (χ1v) is 14.5. The first-order chi connectivity index (χ1) is 20.1. The molecule has 0 heterocycles. The SMILES string of the molecule is OB(O)c1ccc2c(c1)C(c1ccc(-c3ccccc3)cc1)(c1ccc(-c3ccccc3)cc1)c1cc(Br)ccc1-2. The quantitative estimate of drug-likeness (QED) is 0.200. The van der Waals surface area contributed by atoms with E-state index in [9.17, 15) is 10.0 Å². The molecule has 0 aromatic heterocycles. The third-order valence-corrected chi connectivity index (χ3v) is 8.76. The summed E-state index contributed by atoms with van der Waals surface area (Å²) in [6.07, 6.45) is 0. The van der Waals surface area contributed by atoms with Crippen LogP contribution in [0.2, 0.25) is 0 Å². The molecule has 0 saturated heterocycles. The molecule has 0 unspecified atom stereocenters. The fourth-order valence-corrected chi connectivity index (χ4v) is 6.71. The lowest BCUT2D eigenvalue weighted by atomic mass is 9.66. The predicted molar refractivity (Wildman–Crippen MR) is 172 cm³/mol. The summed E-state index contributed by atoms with van der Waals surface area (Å²) in [6.45, 7) is 0. The molecule has 196 valence electrons. The molecule has 7 rings (SSSR count). The lowest BCUT2D eigenvalue weighted by Gasteiger charge is -2.34. The number of hydrogen-bond acceptors (Lipinski definition) is 2. The Morgan fingerprint density at radius 1 is 0.463 bits per heavy atom. The molecular formula is C37H26BBrO2. The van der Waals surface area contributed by atoms with Crippen molar-refractivity contribution < 1.29 is 10.0 Å². The van der Waals surface area contributed by atoms with Crippen LogP contribution in [0.1, 0.15) is 22.3 Å². The van der Waals surface area contributed by atoms with Crippen LogP contribution in [0.3, 0.4) is 0 Å². The van der Waals surface area contributed by atoms with E-state index in [-0.39, 0.29) is 0 Å². The van der Waals surface area contributed by atoms with Gasteiger partial charge in [-0.05, 0) is 73.2 Å². The van der Waals surface area contributed by atoms with Gasteiger partial charge in [-0.3, -0.25) is 0 Å². The maximum Gasteiger partial charge on any atom is 0.488 e. The molecule has 6 aromatic rings. The van der Waals surface area contributed by atoms with Crippen LogP contribution in [0.25, 0.3) is 33.4 Å². The van der Waals surface area contributed by atoms with Gasteiger partial charge >= 0.3 is 7.12 Å². The van der Waals surface area contributed by atoms with Crippen molar-refractivity contribution in [3.8, 4) is 33.4 Å². The smallest absolute Gasteiger partial charge is 0.423 e. The molecule has 0 amide bonds. The molecule has 2 N–H and O–H groups in total. The van der Waals surface area contributed by atoms with Crippen molar-refractivity contribution in [2.24, 2.45) is 0 Å². The molecule has 0 saturated carbocycles. The van der Waals surface area contributed by atoms with Gasteiger partial charge in [0.25, 0.3) is 0 Å². The highest BCUT2D eigenvalue weighted by atomic mass is 79.9. The van der Waals surface area contributed by atoms with E-state index in [0.717, 1.165) is 49.0 Å². The van der Waals surface area contributed by atoms with Crippen LogP contribution in [0, 0.1) is 0 Å². The molecule has 4 heteroatoms. The Hall–Kier alpha value is -4.22. The van der Waals surface area contributed by atoms with Gasteiger partial charge in [-0.25, -0.2) is 0 Å². The molecule has 41 heavy (non-hydrogen) atoms. The zero-order chi connectivity index (χ0) is 28.0. The van der Waals surface area contributed by atoms with E-state index in [1.54, 1.807) is 0 Å². The summed E-state index contributed by atoms with van der Waals surface area (Å²) >= 11 is 3.75. The summed E-state index contributed by atoms with van der Waals surface area (Å²) in [6, 6.07) is 50.6. The fraction of sp³-hybridized carbons (Fsp3) is 0.0270. The average Bonchev–Trinajstić information content (AvgIpc) is 3.31. The van der Waals surface area contributed by atoms with Crippen molar-refractivity contribution >= 4 is 28.5 Å². The summed E-state index contributed by atoms with van der Waals surface area (Å²) in [5.74, 6) is 0. The summed E-state index contributed by atoms with van der Waals surface area (Å²) < 4.78 is 0.998. The van der Waals surface area contributed by atoms with Crippen molar-refractivity contribution in [3.63, 3.8) is 0 Å². The molecular weight excluding hydrogens is 567 g/mol. The van der Waals surface area contributed by atoms with Gasteiger partial charge in [0, 0.05) is 4.47 Å². The molecule has 1 aliphatic carbocycles. The summed E-state index contributed by atoms with van der Waals surface area (Å²) in [5, 5.41) is 20.4. The lowest BCUT2D eigenvalue weighted by molar-refractivity contribution is 0.425. The van der Waals surface area contributed by atoms with E-state index in [1.165, 1.54) is 11.1 Å². The van der Waals surface area contributed by atoms with Gasteiger partial charge in [0.1, 0.15) is 0 Å². The molecule has 0 aliphatic heterocycles. The largest absolute Gasteiger partial charge is 0.488 e. The Morgan fingerprint density at radius 3 is 1.39 bits per heavy atom. The standard InChI is InChI=1S/C37H26BBrO2/c39-32-20-22-34-33-21-19-31(38(40)41)23-35(33)37(36(34)24-32,29-15-11-27(12-16-29)25-7-3-1-4-8-25)30-17-13-28(14-18-30)26-9-5-2-6-10-26/h1-24,40-41H. The third kappa shape index (κ3) is 4.27. The minimum absolute atomic E-state index is 0.474. The highest BCUT2D eigenvalue weighted by Gasteiger charge is 2.46. The van der Waals surface area contributed by atoms with Gasteiger partial charge in [0.05, 0.1) is 5.41 Å². The highest BCUT2D eigenvalue weighted by Crippen LogP contribution is 2.56. The Bertz CT molecular complexity index is 1770. The topological polar surface area (TPSA) is 40.5 Å². The van der Waals surface area contributed by atoms with E-state index in [2.05, 4.69) is 131 Å². The van der Waals surface area contributed by atoms with Gasteiger partial charge < -0.3 is 10.0 Å². The number of hydrogen-bond donors (Lipinski definition) is 2. The van der Waals surface area contributed by atoms with E-state index in [0.29, 0.717) is 5.46 Å². The first kappa shape index (κ1) is 25.7. The van der Waals surface area contributed by atoms with Crippen LogP contribution in [-0.2, 0) is 5.41 Å². The molecule has 6 aromatic carbocycles. The van der Waals surface area contributed by atoms with E-state index >= 15 is 0 Å². The minimum Gasteiger partial charge on any atom is -0.423 e. The van der Waals surface area contributed by atoms with Gasteiger partial charge in [-0.15, -0.1) is 0 Å². The first-order valence-electron chi connectivity index (χ1n) is 13.7. The number of halogens is 1. The molecule has 0 atom stereocenters. The van der Waals surface area contributed by atoms with E-state index in [1.807, 2.05) is 30.3 Å². The van der Waals surface area contributed by atoms with Crippen molar-refractivity contribution in [2.75, 3.05) is 0 Å². The van der Waals surface area contributed by atoms with E-state index in [4.69, 9.17) is 0 Å². The maximum atomic E-state index is 10.2. The van der Waals surface area contributed by atoms with Gasteiger partial charge in [-0.2, -0.15) is 0 Å². The Labute approximate surface area is 248 Å². The zero-order valence-corrected chi connectivity index (χ0v) is 23.8. The fourth-order valence-electron chi connectivity index (χ4n) is 6.35. The van der Waals surface area contributed by atoms with Crippen LogP contribution in [0.5, 0.6) is 0 Å². The molecule has 2 nitrogen and oxygen atoms in total. The normalized spacial score (nSPS) is 13.0. The van der Waals surface area contributed by atoms with Crippen LogP contribution in [0.15, 0.2) is 150 Å². The Kier molecular flexibility index (Phi) is 6.47. The lowest BCUT2D eigenvalue weighted by Crippen LogP contribution is -2.33. The van der Waals surface area contributed by atoms with Crippen molar-refractivity contribution in [2.45, 2.75) is 5.41 Å². The summed E-state index contributed by atoms with van der Waals surface area (Å²) in [5.41, 5.74) is 11.1. The maximum absolute atomic E-state index is 10.2. The second-order valence-electron chi connectivity index (χ2n) is 10.5. The monoisotopic (exact) mass is 592 g/mol. The Balaban J connectivity index is 1.51. The number of fused-ring (bicyclic) bond motifs is 3. The van der Waals surface area contributed by atoms with Gasteiger partial charge in [0.2, 0.25) is 0 Å². The predicted octanol–water partition coefficient (Wildman–Crippen LogP) is 7.83. The number of rotatable bonds is 5. The van der Waals surface area contributed by atoms with Crippen LogP contribution in [0.4, 0.5) is 0 Å². The number of benzene rings is 6. The van der Waals surface area contributed by atoms with Crippen molar-refractivity contribution in [1.82, 2.24) is 0 Å². The van der Waals surface area contributed by atoms with Crippen LogP contribution < -0.4 is 5.46 Å². The molecule has 0 fully saturated rings. The van der Waals surface area contributed by atoms with Gasteiger partial charge in [-0.1, -0.05) is 149 Å². The van der Waals surface area contributed by atoms with Crippen LogP contribution in [-0.4, -0.2) is 17.2 Å². The molecule has 1 aliphatic rings. The Morgan fingerprint density at radius 2 is 0.902 bits per heavy atom. The van der Waals surface area contributed by atoms with Crippen molar-refractivity contribution in [1.29, 1.82) is 0 Å². The highest BCUT2D eigenvalue weighted by molar-refractivity contribution is 9.10.